The van der Waals surface area contributed by atoms with Gasteiger partial charge in [0.15, 0.2) is 0 Å². The summed E-state index contributed by atoms with van der Waals surface area (Å²) in [6.45, 7) is 2.41. The summed E-state index contributed by atoms with van der Waals surface area (Å²) in [6, 6.07) is 21.2. The van der Waals surface area contributed by atoms with E-state index in [0.29, 0.717) is 17.8 Å². The zero-order valence-corrected chi connectivity index (χ0v) is 15.2. The number of fused-ring (bicyclic) bond motifs is 1. The number of benzene rings is 3. The van der Waals surface area contributed by atoms with Crippen LogP contribution in [0.5, 0.6) is 5.75 Å². The number of carbonyl (C=O) groups excluding carboxylic acids is 2. The van der Waals surface area contributed by atoms with E-state index in [1.807, 2.05) is 67.6 Å². The zero-order chi connectivity index (χ0) is 19.0. The largest absolute Gasteiger partial charge is 0.497 e. The number of methoxy groups -OCH3 is 1. The van der Waals surface area contributed by atoms with Crippen LogP contribution in [0.4, 0.5) is 5.69 Å². The molecule has 0 saturated heterocycles. The van der Waals surface area contributed by atoms with Crippen molar-refractivity contribution in [3.63, 3.8) is 0 Å². The third kappa shape index (κ3) is 3.10. The summed E-state index contributed by atoms with van der Waals surface area (Å²) in [5, 5.41) is 0. The molecule has 0 fully saturated rings. The number of ketones is 1. The number of nitrogens with zero attached hydrogens (tertiary/aromatic N) is 1. The Balaban J connectivity index is 1.67. The first-order chi connectivity index (χ1) is 13.1. The van der Waals surface area contributed by atoms with Crippen LogP contribution in [0.25, 0.3) is 11.1 Å². The second kappa shape index (κ2) is 6.72. The molecule has 0 saturated carbocycles. The molecule has 1 heterocycles. The predicted molar refractivity (Wildman–Crippen MR) is 105 cm³/mol. The number of carbonyl (C=O) groups is 2. The number of Topliss-reactive ketones (excluding diaryl/α,β-unsaturated/α-hetero) is 1. The Morgan fingerprint density at radius 1 is 0.852 bits per heavy atom. The topological polar surface area (TPSA) is 46.6 Å². The van der Waals surface area contributed by atoms with Crippen LogP contribution in [0.3, 0.4) is 0 Å². The normalized spacial score (nSPS) is 13.0. The summed E-state index contributed by atoms with van der Waals surface area (Å²) < 4.78 is 5.18. The van der Waals surface area contributed by atoms with Crippen molar-refractivity contribution in [3.05, 3.63) is 83.4 Å². The van der Waals surface area contributed by atoms with E-state index in [9.17, 15) is 9.59 Å². The lowest BCUT2D eigenvalue weighted by atomic mass is 10.0. The van der Waals surface area contributed by atoms with E-state index < -0.39 is 11.7 Å². The molecule has 0 bridgehead atoms. The highest BCUT2D eigenvalue weighted by Gasteiger charge is 2.35. The van der Waals surface area contributed by atoms with Crippen LogP contribution in [-0.4, -0.2) is 18.8 Å². The molecule has 1 aliphatic heterocycles. The van der Waals surface area contributed by atoms with Gasteiger partial charge in [-0.1, -0.05) is 48.0 Å². The second-order valence-corrected chi connectivity index (χ2v) is 6.67. The number of hydrogen-bond acceptors (Lipinski definition) is 3. The summed E-state index contributed by atoms with van der Waals surface area (Å²) in [5.74, 6) is -0.152. The van der Waals surface area contributed by atoms with E-state index in [1.165, 1.54) is 0 Å². The van der Waals surface area contributed by atoms with Gasteiger partial charge in [-0.25, -0.2) is 0 Å². The van der Waals surface area contributed by atoms with Gasteiger partial charge in [0, 0.05) is 0 Å². The first-order valence-corrected chi connectivity index (χ1v) is 8.77. The molecule has 0 radical (unpaired) electrons. The number of amides is 1. The van der Waals surface area contributed by atoms with Crippen LogP contribution >= 0.6 is 0 Å². The highest BCUT2D eigenvalue weighted by Crippen LogP contribution is 2.34. The van der Waals surface area contributed by atoms with Gasteiger partial charge in [0.25, 0.3) is 11.7 Å². The van der Waals surface area contributed by atoms with Gasteiger partial charge in [-0.3, -0.25) is 9.59 Å². The molecule has 0 unspecified atom stereocenters. The molecular formula is C23H19NO3. The van der Waals surface area contributed by atoms with Gasteiger partial charge in [-0.15, -0.1) is 0 Å². The monoisotopic (exact) mass is 357 g/mol. The smallest absolute Gasteiger partial charge is 0.299 e. The Bertz CT molecular complexity index is 1020. The summed E-state index contributed by atoms with van der Waals surface area (Å²) in [5.41, 5.74) is 5.15. The minimum absolute atomic E-state index is 0.389. The van der Waals surface area contributed by atoms with Crippen LogP contribution in [0.2, 0.25) is 0 Å². The van der Waals surface area contributed by atoms with Crippen LogP contribution in [0.1, 0.15) is 21.5 Å². The van der Waals surface area contributed by atoms with E-state index in [2.05, 4.69) is 0 Å². The first kappa shape index (κ1) is 17.0. The molecule has 134 valence electrons. The van der Waals surface area contributed by atoms with Gasteiger partial charge in [0.1, 0.15) is 5.75 Å². The van der Waals surface area contributed by atoms with Crippen LogP contribution in [0, 0.1) is 6.92 Å². The Morgan fingerprint density at radius 2 is 1.52 bits per heavy atom. The second-order valence-electron chi connectivity index (χ2n) is 6.67. The lowest BCUT2D eigenvalue weighted by Gasteiger charge is -2.17. The number of rotatable bonds is 4. The van der Waals surface area contributed by atoms with Crippen molar-refractivity contribution in [2.24, 2.45) is 0 Å². The third-order valence-corrected chi connectivity index (χ3v) is 4.86. The molecule has 27 heavy (non-hydrogen) atoms. The van der Waals surface area contributed by atoms with E-state index in [0.717, 1.165) is 28.0 Å². The maximum atomic E-state index is 12.5. The molecule has 0 spiro atoms. The van der Waals surface area contributed by atoms with E-state index in [1.54, 1.807) is 18.1 Å². The van der Waals surface area contributed by atoms with E-state index >= 15 is 0 Å². The number of ether oxygens (including phenoxy) is 1. The Morgan fingerprint density at radius 3 is 2.19 bits per heavy atom. The summed E-state index contributed by atoms with van der Waals surface area (Å²) >= 11 is 0. The first-order valence-electron chi connectivity index (χ1n) is 8.77. The van der Waals surface area contributed by atoms with Crippen molar-refractivity contribution in [3.8, 4) is 16.9 Å². The van der Waals surface area contributed by atoms with E-state index in [-0.39, 0.29) is 0 Å². The Labute approximate surface area is 158 Å². The van der Waals surface area contributed by atoms with Crippen molar-refractivity contribution >= 4 is 17.4 Å². The Hall–Kier alpha value is -3.40. The molecule has 3 aromatic rings. The van der Waals surface area contributed by atoms with Crippen molar-refractivity contribution in [2.75, 3.05) is 12.0 Å². The number of hydrogen-bond donors (Lipinski definition) is 0. The SMILES string of the molecule is COc1ccc(-c2ccc3c(c2)C(=O)C(=O)N3Cc2ccc(C)cc2)cc1. The minimum atomic E-state index is -0.475. The molecule has 0 aromatic heterocycles. The lowest BCUT2D eigenvalue weighted by Crippen LogP contribution is -2.29. The molecule has 0 aliphatic carbocycles. The molecule has 4 rings (SSSR count). The van der Waals surface area contributed by atoms with Crippen molar-refractivity contribution < 1.29 is 14.3 Å². The number of anilines is 1. The molecule has 4 heteroatoms. The average Bonchev–Trinajstić information content (AvgIpc) is 2.94. The standard InChI is InChI=1S/C23H19NO3/c1-15-3-5-16(6-4-15)14-24-21-12-9-18(13-20(21)22(25)23(24)26)17-7-10-19(27-2)11-8-17/h3-13H,14H2,1-2H3. The summed E-state index contributed by atoms with van der Waals surface area (Å²) in [6.07, 6.45) is 0. The van der Waals surface area contributed by atoms with Gasteiger partial charge >= 0.3 is 0 Å². The maximum Gasteiger partial charge on any atom is 0.299 e. The summed E-state index contributed by atoms with van der Waals surface area (Å²) in [7, 11) is 1.62. The lowest BCUT2D eigenvalue weighted by molar-refractivity contribution is -0.114. The van der Waals surface area contributed by atoms with Crippen LogP contribution in [-0.2, 0) is 11.3 Å². The highest BCUT2D eigenvalue weighted by molar-refractivity contribution is 6.52. The van der Waals surface area contributed by atoms with Gasteiger partial charge in [0.05, 0.1) is 24.9 Å². The van der Waals surface area contributed by atoms with Crippen molar-refractivity contribution in [1.82, 2.24) is 0 Å². The quantitative estimate of drug-likeness (QED) is 0.650. The molecule has 3 aromatic carbocycles. The fourth-order valence-corrected chi connectivity index (χ4v) is 3.30. The van der Waals surface area contributed by atoms with Gasteiger partial charge in [-0.05, 0) is 47.9 Å². The molecular weight excluding hydrogens is 338 g/mol. The Kier molecular flexibility index (Phi) is 4.24. The fraction of sp³-hybridized carbons (Fsp3) is 0.130. The zero-order valence-electron chi connectivity index (χ0n) is 15.2. The van der Waals surface area contributed by atoms with Crippen LogP contribution < -0.4 is 9.64 Å². The van der Waals surface area contributed by atoms with Crippen molar-refractivity contribution in [2.45, 2.75) is 13.5 Å². The molecule has 1 aliphatic rings. The molecule has 4 nitrogen and oxygen atoms in total. The average molecular weight is 357 g/mol. The van der Waals surface area contributed by atoms with Gasteiger partial charge in [-0.2, -0.15) is 0 Å². The van der Waals surface area contributed by atoms with Gasteiger partial charge in [0.2, 0.25) is 0 Å². The number of aryl methyl sites for hydroxylation is 1. The molecule has 0 atom stereocenters. The van der Waals surface area contributed by atoms with Gasteiger partial charge < -0.3 is 9.64 Å². The predicted octanol–water partition coefficient (Wildman–Crippen LogP) is 4.40. The van der Waals surface area contributed by atoms with E-state index in [4.69, 9.17) is 4.74 Å². The highest BCUT2D eigenvalue weighted by atomic mass is 16.5. The maximum absolute atomic E-state index is 12.5. The summed E-state index contributed by atoms with van der Waals surface area (Å²) in [4.78, 5) is 26.6. The fourth-order valence-electron chi connectivity index (χ4n) is 3.30. The van der Waals surface area contributed by atoms with Crippen LogP contribution in [0.15, 0.2) is 66.7 Å². The minimum Gasteiger partial charge on any atom is -0.497 e. The molecule has 0 N–H and O–H groups in total. The van der Waals surface area contributed by atoms with Crippen molar-refractivity contribution in [1.29, 1.82) is 0 Å². The molecule has 1 amide bonds. The third-order valence-electron chi connectivity index (χ3n) is 4.86.